The third-order valence-electron chi connectivity index (χ3n) is 6.09. The Balaban J connectivity index is 2.26. The lowest BCUT2D eigenvalue weighted by Gasteiger charge is -2.30. The van der Waals surface area contributed by atoms with E-state index in [2.05, 4.69) is 27.7 Å². The normalized spacial score (nSPS) is 27.0. The first-order chi connectivity index (χ1) is 12.8. The number of hydrogen-bond acceptors (Lipinski definition) is 4. The number of aliphatic hydroxyl groups is 1. The first-order valence-electron chi connectivity index (χ1n) is 10.8. The summed E-state index contributed by atoms with van der Waals surface area (Å²) in [6.07, 6.45) is 9.77. The fourth-order valence-electron chi connectivity index (χ4n) is 4.15. The van der Waals surface area contributed by atoms with Crippen LogP contribution in [-0.2, 0) is 4.57 Å². The van der Waals surface area contributed by atoms with Gasteiger partial charge in [0.05, 0.1) is 0 Å². The predicted octanol–water partition coefficient (Wildman–Crippen LogP) is 4.90. The van der Waals surface area contributed by atoms with Crippen LogP contribution < -0.4 is 0 Å². The minimum Gasteiger partial charge on any atom is -0.370 e. The Kier molecular flexibility index (Phi) is 10.4. The summed E-state index contributed by atoms with van der Waals surface area (Å²) in [6.45, 7) is 9.10. The maximum Gasteiger partial charge on any atom is 0.365 e. The molecule has 0 bridgehead atoms. The maximum atomic E-state index is 11.5. The van der Waals surface area contributed by atoms with Gasteiger partial charge in [0.15, 0.2) is 7.34 Å². The van der Waals surface area contributed by atoms with Crippen LogP contribution in [0, 0.1) is 23.7 Å². The number of rotatable bonds is 13. The van der Waals surface area contributed by atoms with Crippen molar-refractivity contribution in [3.05, 3.63) is 0 Å². The lowest BCUT2D eigenvalue weighted by Crippen LogP contribution is -2.26. The van der Waals surface area contributed by atoms with Gasteiger partial charge in [0.25, 0.3) is 0 Å². The highest BCUT2D eigenvalue weighted by atomic mass is 31.2. The second kappa shape index (κ2) is 11.1. The van der Waals surface area contributed by atoms with Gasteiger partial charge in [-0.3, -0.25) is 4.57 Å². The summed E-state index contributed by atoms with van der Waals surface area (Å²) in [4.78, 5) is 38.5. The minimum absolute atomic E-state index is 0.277. The molecule has 5 N–H and O–H groups in total. The van der Waals surface area contributed by atoms with Gasteiger partial charge in [0.1, 0.15) is 0 Å². The molecule has 0 spiro atoms. The van der Waals surface area contributed by atoms with Crippen molar-refractivity contribution in [2.75, 3.05) is 0 Å². The summed E-state index contributed by atoms with van der Waals surface area (Å²) in [5.41, 5.74) is 0. The Hall–Kier alpha value is 0.330. The van der Waals surface area contributed by atoms with Crippen LogP contribution in [0.4, 0.5) is 0 Å². The molecule has 1 aliphatic rings. The second-order valence-electron chi connectivity index (χ2n) is 9.48. The molecular weight excluding hydrogens is 398 g/mol. The predicted molar refractivity (Wildman–Crippen MR) is 117 cm³/mol. The van der Waals surface area contributed by atoms with E-state index in [1.165, 1.54) is 44.3 Å². The van der Waals surface area contributed by atoms with Crippen LogP contribution in [0.2, 0.25) is 0 Å². The first-order valence-corrected chi connectivity index (χ1v) is 14.1. The third kappa shape index (κ3) is 7.87. The lowest BCUT2D eigenvalue weighted by molar-refractivity contribution is 0.133. The quantitative estimate of drug-likeness (QED) is 0.260. The first kappa shape index (κ1) is 26.4. The third-order valence-corrected chi connectivity index (χ3v) is 10.9. The number of hydrogen-bond donors (Lipinski definition) is 5. The van der Waals surface area contributed by atoms with Crippen molar-refractivity contribution in [2.45, 2.75) is 97.0 Å². The van der Waals surface area contributed by atoms with Crippen LogP contribution in [0.1, 0.15) is 91.9 Å². The van der Waals surface area contributed by atoms with Gasteiger partial charge in [-0.2, -0.15) is 0 Å². The van der Waals surface area contributed by atoms with Gasteiger partial charge in [0, 0.05) is 6.42 Å². The smallest absolute Gasteiger partial charge is 0.365 e. The van der Waals surface area contributed by atoms with Crippen LogP contribution >= 0.6 is 14.9 Å². The van der Waals surface area contributed by atoms with Crippen LogP contribution in [0.3, 0.4) is 0 Å². The highest BCUT2D eigenvalue weighted by molar-refractivity contribution is 7.78. The molecule has 8 heteroatoms. The van der Waals surface area contributed by atoms with Gasteiger partial charge in [-0.15, -0.1) is 0 Å². The van der Waals surface area contributed by atoms with Crippen molar-refractivity contribution in [3.63, 3.8) is 0 Å². The molecule has 4 atom stereocenters. The topological polar surface area (TPSA) is 118 Å². The summed E-state index contributed by atoms with van der Waals surface area (Å²) in [6, 6.07) is 0. The molecule has 168 valence electrons. The highest BCUT2D eigenvalue weighted by Gasteiger charge is 2.59. The molecule has 0 aliphatic carbocycles. The van der Waals surface area contributed by atoms with Gasteiger partial charge < -0.3 is 24.7 Å². The van der Waals surface area contributed by atoms with Gasteiger partial charge in [-0.25, -0.2) is 0 Å². The fourth-order valence-corrected chi connectivity index (χ4v) is 7.94. The minimum atomic E-state index is -5.00. The zero-order valence-corrected chi connectivity index (χ0v) is 19.8. The second-order valence-corrected chi connectivity index (χ2v) is 14.0. The standard InChI is InChI=1S/C20H42O6P2/c1-16(2)8-5-9-17(3)10-6-11-18(4)12-7-13-19-14-20(21,28(24,25)26)27(22,23)15-19/h15-19,21-23H,5-14H2,1-4H3,(H2,24,25,26). The molecule has 1 heterocycles. The average Bonchev–Trinajstić information content (AvgIpc) is 2.76. The monoisotopic (exact) mass is 440 g/mol. The summed E-state index contributed by atoms with van der Waals surface area (Å²) in [7, 11) is -9.13. The molecule has 1 rings (SSSR count). The summed E-state index contributed by atoms with van der Waals surface area (Å²) in [5, 5.41) is 7.46. The Morgan fingerprint density at radius 2 is 1.43 bits per heavy atom. The Morgan fingerprint density at radius 1 is 0.964 bits per heavy atom. The summed E-state index contributed by atoms with van der Waals surface area (Å²) >= 11 is 0. The van der Waals surface area contributed by atoms with Gasteiger partial charge >= 0.3 is 7.60 Å². The molecule has 4 unspecified atom stereocenters. The molecule has 0 saturated carbocycles. The van der Waals surface area contributed by atoms with Crippen molar-refractivity contribution in [1.29, 1.82) is 0 Å². The van der Waals surface area contributed by atoms with Crippen molar-refractivity contribution in [3.8, 4) is 0 Å². The largest absolute Gasteiger partial charge is 0.370 e. The average molecular weight is 440 g/mol. The van der Waals surface area contributed by atoms with E-state index in [9.17, 15) is 29.2 Å². The maximum absolute atomic E-state index is 11.5. The zero-order valence-electron chi connectivity index (χ0n) is 18.0. The van der Waals surface area contributed by atoms with E-state index in [1.807, 2.05) is 0 Å². The van der Waals surface area contributed by atoms with Gasteiger partial charge in [-0.05, 0) is 35.9 Å². The molecule has 0 fully saturated rings. The molecule has 0 aromatic rings. The Labute approximate surface area is 171 Å². The van der Waals surface area contributed by atoms with Gasteiger partial charge in [0.2, 0.25) is 5.08 Å². The van der Waals surface area contributed by atoms with Crippen LogP contribution in [-0.4, -0.2) is 35.6 Å². The van der Waals surface area contributed by atoms with Crippen molar-refractivity contribution in [2.24, 2.45) is 23.7 Å². The van der Waals surface area contributed by atoms with E-state index in [0.29, 0.717) is 12.3 Å². The SMILES string of the molecule is CC(C)CCCC(C)CCCC(C)CCCC1C=P(O)(O)C(O)(P(=O)(O)O)C1. The lowest BCUT2D eigenvalue weighted by atomic mass is 9.91. The van der Waals surface area contributed by atoms with Crippen molar-refractivity contribution in [1.82, 2.24) is 0 Å². The summed E-state index contributed by atoms with van der Waals surface area (Å²) < 4.78 is 11.5. The molecular formula is C20H42O6P2. The molecule has 0 aromatic carbocycles. The molecule has 1 aliphatic heterocycles. The molecule has 0 radical (unpaired) electrons. The van der Waals surface area contributed by atoms with E-state index < -0.39 is 20.0 Å². The highest BCUT2D eigenvalue weighted by Crippen LogP contribution is 2.73. The molecule has 0 amide bonds. The van der Waals surface area contributed by atoms with Gasteiger partial charge in [-0.1, -0.05) is 79.1 Å². The zero-order chi connectivity index (χ0) is 21.6. The van der Waals surface area contributed by atoms with E-state index in [4.69, 9.17) is 0 Å². The Morgan fingerprint density at radius 3 is 1.86 bits per heavy atom. The van der Waals surface area contributed by atoms with Crippen molar-refractivity contribution >= 4 is 20.7 Å². The van der Waals surface area contributed by atoms with E-state index >= 15 is 0 Å². The van der Waals surface area contributed by atoms with Crippen LogP contribution in [0.15, 0.2) is 0 Å². The van der Waals surface area contributed by atoms with Crippen molar-refractivity contribution < 1.29 is 29.2 Å². The summed E-state index contributed by atoms with van der Waals surface area (Å²) in [5.74, 6) is 2.96. The fraction of sp³-hybridized carbons (Fsp3) is 0.950. The Bertz CT molecular complexity index is 567. The van der Waals surface area contributed by atoms with Crippen LogP contribution in [0.25, 0.3) is 0 Å². The van der Waals surface area contributed by atoms with E-state index in [0.717, 1.165) is 24.7 Å². The molecule has 0 saturated heterocycles. The molecule has 28 heavy (non-hydrogen) atoms. The van der Waals surface area contributed by atoms with E-state index in [-0.39, 0.29) is 12.3 Å². The van der Waals surface area contributed by atoms with E-state index in [1.54, 1.807) is 0 Å². The van der Waals surface area contributed by atoms with Crippen LogP contribution in [0.5, 0.6) is 0 Å². The molecule has 0 aromatic heterocycles. The molecule has 6 nitrogen and oxygen atoms in total.